The number of rotatable bonds is 3. The van der Waals surface area contributed by atoms with Crippen LogP contribution >= 0.6 is 34.3 Å². The third kappa shape index (κ3) is 2.61. The minimum atomic E-state index is 0.484. The Morgan fingerprint density at radius 1 is 1.09 bits per heavy atom. The van der Waals surface area contributed by atoms with E-state index in [0.29, 0.717) is 11.0 Å². The molecule has 0 aliphatic heterocycles. The molecular weight excluding hydrogens is 348 g/mol. The van der Waals surface area contributed by atoms with Crippen LogP contribution < -0.4 is 4.74 Å². The van der Waals surface area contributed by atoms with Gasteiger partial charge in [0.2, 0.25) is 0 Å². The number of fused-ring (bicyclic) bond motifs is 1. The van der Waals surface area contributed by atoms with E-state index in [4.69, 9.17) is 16.3 Å². The Hall–Kier alpha value is -1.95. The molecule has 23 heavy (non-hydrogen) atoms. The molecular formula is C17H11ClN2OS2. The summed E-state index contributed by atoms with van der Waals surface area (Å²) in [4.78, 5) is 11.1. The van der Waals surface area contributed by atoms with Crippen molar-refractivity contribution in [2.75, 3.05) is 7.11 Å². The molecule has 114 valence electrons. The Kier molecular flexibility index (Phi) is 3.77. The van der Waals surface area contributed by atoms with E-state index >= 15 is 0 Å². The lowest BCUT2D eigenvalue weighted by Crippen LogP contribution is -1.89. The molecule has 3 heterocycles. The van der Waals surface area contributed by atoms with Crippen LogP contribution in [0.2, 0.25) is 5.15 Å². The van der Waals surface area contributed by atoms with Gasteiger partial charge in [-0.1, -0.05) is 29.8 Å². The maximum atomic E-state index is 6.48. The van der Waals surface area contributed by atoms with Gasteiger partial charge >= 0.3 is 0 Å². The molecule has 0 saturated heterocycles. The fraction of sp³-hybridized carbons (Fsp3) is 0.0588. The summed E-state index contributed by atoms with van der Waals surface area (Å²) in [5.41, 5.74) is 2.08. The first-order valence-electron chi connectivity index (χ1n) is 6.89. The molecule has 0 atom stereocenters. The van der Waals surface area contributed by atoms with Gasteiger partial charge in [-0.05, 0) is 29.1 Å². The molecule has 0 aliphatic carbocycles. The summed E-state index contributed by atoms with van der Waals surface area (Å²) in [6, 6.07) is 11.9. The van der Waals surface area contributed by atoms with Crippen LogP contribution in [-0.4, -0.2) is 17.1 Å². The van der Waals surface area contributed by atoms with Crippen LogP contribution in [0.1, 0.15) is 0 Å². The number of benzene rings is 1. The Bertz CT molecular complexity index is 980. The van der Waals surface area contributed by atoms with Gasteiger partial charge in [-0.3, -0.25) is 0 Å². The van der Waals surface area contributed by atoms with Gasteiger partial charge < -0.3 is 4.74 Å². The first-order chi connectivity index (χ1) is 11.3. The molecule has 0 amide bonds. The Balaban J connectivity index is 1.90. The highest BCUT2D eigenvalue weighted by Gasteiger charge is 2.15. The highest BCUT2D eigenvalue weighted by molar-refractivity contribution is 7.17. The molecule has 4 rings (SSSR count). The molecule has 0 fully saturated rings. The largest absolute Gasteiger partial charge is 0.497 e. The summed E-state index contributed by atoms with van der Waals surface area (Å²) in [6.07, 6.45) is 0. The average molecular weight is 359 g/mol. The lowest BCUT2D eigenvalue weighted by atomic mass is 10.1. The fourth-order valence-electron chi connectivity index (χ4n) is 2.42. The number of hydrogen-bond acceptors (Lipinski definition) is 5. The number of hydrogen-bond donors (Lipinski definition) is 0. The van der Waals surface area contributed by atoms with Gasteiger partial charge in [0, 0.05) is 10.9 Å². The highest BCUT2D eigenvalue weighted by Crippen LogP contribution is 2.39. The molecule has 0 radical (unpaired) electrons. The van der Waals surface area contributed by atoms with Gasteiger partial charge in [0.1, 0.15) is 15.7 Å². The first-order valence-corrected chi connectivity index (χ1v) is 9.03. The van der Waals surface area contributed by atoms with Crippen molar-refractivity contribution >= 4 is 44.5 Å². The summed E-state index contributed by atoms with van der Waals surface area (Å²) < 4.78 is 5.30. The molecule has 0 spiro atoms. The van der Waals surface area contributed by atoms with Crippen molar-refractivity contribution in [3.63, 3.8) is 0 Å². The van der Waals surface area contributed by atoms with Crippen molar-refractivity contribution in [2.24, 2.45) is 0 Å². The van der Waals surface area contributed by atoms with Crippen LogP contribution in [0.15, 0.2) is 47.2 Å². The molecule has 0 unspecified atom stereocenters. The minimum absolute atomic E-state index is 0.484. The second-order valence-electron chi connectivity index (χ2n) is 4.88. The highest BCUT2D eigenvalue weighted by atomic mass is 35.5. The fourth-order valence-corrected chi connectivity index (χ4v) is 4.35. The van der Waals surface area contributed by atoms with Crippen LogP contribution in [0.5, 0.6) is 5.75 Å². The van der Waals surface area contributed by atoms with E-state index in [1.54, 1.807) is 29.8 Å². The van der Waals surface area contributed by atoms with Crippen molar-refractivity contribution in [3.05, 3.63) is 52.3 Å². The molecule has 3 aromatic heterocycles. The van der Waals surface area contributed by atoms with Crippen molar-refractivity contribution in [3.8, 4) is 27.6 Å². The van der Waals surface area contributed by atoms with E-state index in [1.165, 1.54) is 0 Å². The van der Waals surface area contributed by atoms with Crippen LogP contribution in [0, 0.1) is 0 Å². The topological polar surface area (TPSA) is 35.0 Å². The standard InChI is InChI=1S/C17H11ClN2OS2/c1-21-11-5-2-4-10(8-11)12-9-23-17-14(12)15(18)19-16(20-17)13-6-3-7-22-13/h2-9H,1H3. The summed E-state index contributed by atoms with van der Waals surface area (Å²) >= 11 is 9.66. The molecule has 4 aromatic rings. The number of ether oxygens (including phenoxy) is 1. The number of aromatic nitrogens is 2. The van der Waals surface area contributed by atoms with Crippen molar-refractivity contribution < 1.29 is 4.74 Å². The van der Waals surface area contributed by atoms with E-state index in [9.17, 15) is 0 Å². The molecule has 6 heteroatoms. The van der Waals surface area contributed by atoms with Crippen molar-refractivity contribution in [1.82, 2.24) is 9.97 Å². The predicted octanol–water partition coefficient (Wildman–Crippen LogP) is 5.75. The molecule has 0 bridgehead atoms. The van der Waals surface area contributed by atoms with Crippen LogP contribution in [0.3, 0.4) is 0 Å². The Labute approximate surface area is 146 Å². The Morgan fingerprint density at radius 3 is 2.78 bits per heavy atom. The molecule has 1 aromatic carbocycles. The predicted molar refractivity (Wildman–Crippen MR) is 97.7 cm³/mol. The van der Waals surface area contributed by atoms with E-state index in [1.807, 2.05) is 41.8 Å². The SMILES string of the molecule is COc1cccc(-c2csc3nc(-c4cccs4)nc(Cl)c23)c1. The summed E-state index contributed by atoms with van der Waals surface area (Å²) in [5, 5.41) is 5.45. The van der Waals surface area contributed by atoms with Crippen LogP contribution in [-0.2, 0) is 0 Å². The number of thiophene rings is 2. The van der Waals surface area contributed by atoms with E-state index < -0.39 is 0 Å². The first kappa shape index (κ1) is 14.6. The Morgan fingerprint density at radius 2 is 2.00 bits per heavy atom. The number of methoxy groups -OCH3 is 1. The zero-order valence-corrected chi connectivity index (χ0v) is 14.5. The number of halogens is 1. The zero-order chi connectivity index (χ0) is 15.8. The normalized spacial score (nSPS) is 11.0. The minimum Gasteiger partial charge on any atom is -0.497 e. The molecule has 3 nitrogen and oxygen atoms in total. The van der Waals surface area contributed by atoms with E-state index in [2.05, 4.69) is 15.3 Å². The quantitative estimate of drug-likeness (QED) is 0.437. The monoisotopic (exact) mass is 358 g/mol. The third-order valence-electron chi connectivity index (χ3n) is 3.51. The summed E-state index contributed by atoms with van der Waals surface area (Å²) in [5.74, 6) is 1.49. The second kappa shape index (κ2) is 5.92. The van der Waals surface area contributed by atoms with Crippen LogP contribution in [0.25, 0.3) is 32.0 Å². The van der Waals surface area contributed by atoms with Gasteiger partial charge in [0.15, 0.2) is 5.82 Å². The zero-order valence-electron chi connectivity index (χ0n) is 12.1. The smallest absolute Gasteiger partial charge is 0.172 e. The second-order valence-corrected chi connectivity index (χ2v) is 7.04. The molecule has 0 aliphatic rings. The van der Waals surface area contributed by atoms with Crippen molar-refractivity contribution in [1.29, 1.82) is 0 Å². The third-order valence-corrected chi connectivity index (χ3v) is 5.52. The van der Waals surface area contributed by atoms with Gasteiger partial charge in [0.05, 0.1) is 17.4 Å². The average Bonchev–Trinajstić information content (AvgIpc) is 3.24. The lowest BCUT2D eigenvalue weighted by molar-refractivity contribution is 0.415. The van der Waals surface area contributed by atoms with Gasteiger partial charge in [0.25, 0.3) is 0 Å². The summed E-state index contributed by atoms with van der Waals surface area (Å²) in [6.45, 7) is 0. The number of nitrogens with zero attached hydrogens (tertiary/aromatic N) is 2. The van der Waals surface area contributed by atoms with Gasteiger partial charge in [-0.15, -0.1) is 22.7 Å². The maximum absolute atomic E-state index is 6.48. The maximum Gasteiger partial charge on any atom is 0.172 e. The molecule has 0 saturated carbocycles. The van der Waals surface area contributed by atoms with Gasteiger partial charge in [-0.2, -0.15) is 0 Å². The van der Waals surface area contributed by atoms with E-state index in [0.717, 1.165) is 32.0 Å². The molecule has 0 N–H and O–H groups in total. The van der Waals surface area contributed by atoms with Crippen molar-refractivity contribution in [2.45, 2.75) is 0 Å². The van der Waals surface area contributed by atoms with E-state index in [-0.39, 0.29) is 0 Å². The van der Waals surface area contributed by atoms with Crippen LogP contribution in [0.4, 0.5) is 0 Å². The summed E-state index contributed by atoms with van der Waals surface area (Å²) in [7, 11) is 1.66. The lowest BCUT2D eigenvalue weighted by Gasteiger charge is -2.05. The van der Waals surface area contributed by atoms with Gasteiger partial charge in [-0.25, -0.2) is 9.97 Å².